The van der Waals surface area contributed by atoms with Crippen molar-refractivity contribution in [3.8, 4) is 0 Å². The average molecular weight is 498 g/mol. The van der Waals surface area contributed by atoms with Crippen LogP contribution >= 0.6 is 0 Å². The van der Waals surface area contributed by atoms with Gasteiger partial charge in [0.05, 0.1) is 17.8 Å². The Morgan fingerprint density at radius 1 is 0.667 bits per heavy atom. The SMILES string of the molecule is Cc1cc(C)c(N2[CH]N(c3ccccc3S(=O)(=O)O)[C@@H](c3ccccc3)[C@@H]2c2ccccc2)c(C)c1. The summed E-state index contributed by atoms with van der Waals surface area (Å²) in [6, 6.07) is 30.9. The zero-order valence-electron chi connectivity index (χ0n) is 20.5. The lowest BCUT2D eigenvalue weighted by molar-refractivity contribution is 0.483. The molecule has 1 N–H and O–H groups in total. The van der Waals surface area contributed by atoms with E-state index in [1.165, 1.54) is 11.6 Å². The summed E-state index contributed by atoms with van der Waals surface area (Å²) in [6.07, 6.45) is 0. The fourth-order valence-electron chi connectivity index (χ4n) is 5.45. The van der Waals surface area contributed by atoms with Crippen molar-refractivity contribution in [2.75, 3.05) is 9.80 Å². The highest BCUT2D eigenvalue weighted by Crippen LogP contribution is 2.51. The van der Waals surface area contributed by atoms with Gasteiger partial charge in [0.15, 0.2) is 0 Å². The van der Waals surface area contributed by atoms with Crippen LogP contribution < -0.4 is 9.80 Å². The summed E-state index contributed by atoms with van der Waals surface area (Å²) in [5, 5.41) is 0. The topological polar surface area (TPSA) is 60.9 Å². The zero-order valence-corrected chi connectivity index (χ0v) is 21.4. The minimum atomic E-state index is -4.44. The lowest BCUT2D eigenvalue weighted by atomic mass is 9.91. The molecular weight excluding hydrogens is 468 g/mol. The fourth-order valence-corrected chi connectivity index (χ4v) is 6.13. The van der Waals surface area contributed by atoms with Gasteiger partial charge in [0.1, 0.15) is 11.6 Å². The predicted octanol–water partition coefficient (Wildman–Crippen LogP) is 6.79. The van der Waals surface area contributed by atoms with Gasteiger partial charge in [0.25, 0.3) is 10.1 Å². The molecule has 1 aliphatic rings. The van der Waals surface area contributed by atoms with Crippen LogP contribution in [0.3, 0.4) is 0 Å². The van der Waals surface area contributed by atoms with Crippen molar-refractivity contribution in [1.29, 1.82) is 0 Å². The van der Waals surface area contributed by atoms with Gasteiger partial charge in [-0.25, -0.2) is 0 Å². The van der Waals surface area contributed by atoms with Crippen LogP contribution in [0.1, 0.15) is 39.9 Å². The molecule has 0 bridgehead atoms. The van der Waals surface area contributed by atoms with Crippen molar-refractivity contribution in [3.05, 3.63) is 132 Å². The number of para-hydroxylation sites is 1. The van der Waals surface area contributed by atoms with Crippen molar-refractivity contribution >= 4 is 21.5 Å². The van der Waals surface area contributed by atoms with E-state index in [2.05, 4.69) is 62.1 Å². The van der Waals surface area contributed by atoms with Crippen LogP contribution in [0.5, 0.6) is 0 Å². The molecule has 5 rings (SSSR count). The van der Waals surface area contributed by atoms with Crippen molar-refractivity contribution in [1.82, 2.24) is 0 Å². The van der Waals surface area contributed by atoms with Gasteiger partial charge < -0.3 is 9.80 Å². The number of nitrogens with zero attached hydrogens (tertiary/aromatic N) is 2. The highest BCUT2D eigenvalue weighted by atomic mass is 32.2. The van der Waals surface area contributed by atoms with Crippen LogP contribution in [0.15, 0.2) is 102 Å². The Hall–Kier alpha value is -3.61. The summed E-state index contributed by atoms with van der Waals surface area (Å²) in [4.78, 5) is 4.11. The van der Waals surface area contributed by atoms with Gasteiger partial charge in [0.2, 0.25) is 0 Å². The number of hydrogen-bond donors (Lipinski definition) is 1. The molecule has 4 aromatic rings. The molecule has 6 heteroatoms. The van der Waals surface area contributed by atoms with Crippen LogP contribution in [-0.2, 0) is 10.1 Å². The molecule has 0 spiro atoms. The van der Waals surface area contributed by atoms with E-state index in [-0.39, 0.29) is 17.0 Å². The lowest BCUT2D eigenvalue weighted by Crippen LogP contribution is -2.25. The highest BCUT2D eigenvalue weighted by molar-refractivity contribution is 7.86. The highest BCUT2D eigenvalue weighted by Gasteiger charge is 2.44. The molecule has 2 atom stereocenters. The first kappa shape index (κ1) is 24.1. The number of rotatable bonds is 5. The van der Waals surface area contributed by atoms with E-state index < -0.39 is 10.1 Å². The van der Waals surface area contributed by atoms with E-state index in [1.54, 1.807) is 18.2 Å². The molecule has 0 unspecified atom stereocenters. The zero-order chi connectivity index (χ0) is 25.4. The van der Waals surface area contributed by atoms with Gasteiger partial charge >= 0.3 is 0 Å². The van der Waals surface area contributed by atoms with Crippen molar-refractivity contribution in [2.24, 2.45) is 0 Å². The second-order valence-electron chi connectivity index (χ2n) is 9.33. The molecule has 0 aliphatic carbocycles. The Morgan fingerprint density at radius 3 is 1.67 bits per heavy atom. The van der Waals surface area contributed by atoms with Gasteiger partial charge in [-0.3, -0.25) is 4.55 Å². The summed E-state index contributed by atoms with van der Waals surface area (Å²) in [7, 11) is -4.44. The fraction of sp³-hybridized carbons (Fsp3) is 0.167. The van der Waals surface area contributed by atoms with E-state index in [0.717, 1.165) is 27.9 Å². The Morgan fingerprint density at radius 2 is 1.14 bits per heavy atom. The normalized spacial score (nSPS) is 18.0. The Labute approximate surface area is 213 Å². The van der Waals surface area contributed by atoms with Crippen LogP contribution in [0.4, 0.5) is 11.4 Å². The molecule has 0 amide bonds. The summed E-state index contributed by atoms with van der Waals surface area (Å²) >= 11 is 0. The van der Waals surface area contributed by atoms with Crippen LogP contribution in [-0.4, -0.2) is 13.0 Å². The maximum atomic E-state index is 12.4. The molecule has 1 saturated heterocycles. The van der Waals surface area contributed by atoms with E-state index >= 15 is 0 Å². The number of hydrogen-bond acceptors (Lipinski definition) is 4. The van der Waals surface area contributed by atoms with Crippen molar-refractivity contribution < 1.29 is 13.0 Å². The second kappa shape index (κ2) is 9.45. The van der Waals surface area contributed by atoms with Gasteiger partial charge in [-0.2, -0.15) is 8.42 Å². The molecule has 183 valence electrons. The molecule has 4 aromatic carbocycles. The van der Waals surface area contributed by atoms with Crippen LogP contribution in [0, 0.1) is 27.4 Å². The van der Waals surface area contributed by atoms with E-state index in [0.29, 0.717) is 5.69 Å². The minimum absolute atomic E-state index is 0.117. The van der Waals surface area contributed by atoms with E-state index in [4.69, 9.17) is 0 Å². The predicted molar refractivity (Wildman–Crippen MR) is 145 cm³/mol. The molecule has 36 heavy (non-hydrogen) atoms. The third-order valence-corrected chi connectivity index (χ3v) is 7.65. The van der Waals surface area contributed by atoms with Gasteiger partial charge in [-0.05, 0) is 55.2 Å². The van der Waals surface area contributed by atoms with Crippen LogP contribution in [0.25, 0.3) is 0 Å². The minimum Gasteiger partial charge on any atom is -0.338 e. The second-order valence-corrected chi connectivity index (χ2v) is 10.7. The average Bonchev–Trinajstić information content (AvgIpc) is 3.24. The quantitative estimate of drug-likeness (QED) is 0.308. The smallest absolute Gasteiger partial charge is 0.296 e. The van der Waals surface area contributed by atoms with Gasteiger partial charge in [-0.1, -0.05) is 90.5 Å². The maximum Gasteiger partial charge on any atom is 0.296 e. The van der Waals surface area contributed by atoms with Crippen LogP contribution in [0.2, 0.25) is 0 Å². The first-order valence-corrected chi connectivity index (χ1v) is 13.4. The first-order chi connectivity index (χ1) is 17.3. The monoisotopic (exact) mass is 497 g/mol. The largest absolute Gasteiger partial charge is 0.338 e. The Bertz CT molecular complexity index is 1460. The van der Waals surface area contributed by atoms with Crippen molar-refractivity contribution in [2.45, 2.75) is 37.8 Å². The van der Waals surface area contributed by atoms with E-state index in [9.17, 15) is 13.0 Å². The number of aryl methyl sites for hydroxylation is 3. The number of benzene rings is 4. The molecule has 1 heterocycles. The molecule has 0 saturated carbocycles. The molecule has 5 nitrogen and oxygen atoms in total. The molecule has 0 aromatic heterocycles. The van der Waals surface area contributed by atoms with Gasteiger partial charge in [-0.15, -0.1) is 0 Å². The first-order valence-electron chi connectivity index (χ1n) is 11.9. The van der Waals surface area contributed by atoms with E-state index in [1.807, 2.05) is 48.0 Å². The summed E-state index contributed by atoms with van der Waals surface area (Å²) < 4.78 is 34.9. The summed E-state index contributed by atoms with van der Waals surface area (Å²) in [6.45, 7) is 8.30. The third-order valence-electron chi connectivity index (χ3n) is 6.74. The molecule has 1 aliphatic heterocycles. The Kier molecular flexibility index (Phi) is 6.33. The lowest BCUT2D eigenvalue weighted by Gasteiger charge is -2.32. The van der Waals surface area contributed by atoms with Crippen molar-refractivity contribution in [3.63, 3.8) is 0 Å². The number of anilines is 2. The molecule has 1 radical (unpaired) electrons. The molecular formula is C30H29N2O3S. The molecule has 1 fully saturated rings. The standard InChI is InChI=1S/C30H29N2O3S/c1-21-18-22(2)28(23(3)19-21)32-20-31(26-16-10-11-17-27(26)36(33,34)35)29(24-12-6-4-7-13-24)30(32)25-14-8-5-9-15-25/h4-20,29-30H,1-3H3,(H,33,34,35)/t29-,30-/m0/s1. The third kappa shape index (κ3) is 4.38. The van der Waals surface area contributed by atoms with Gasteiger partial charge in [0, 0.05) is 5.69 Å². The maximum absolute atomic E-state index is 12.4. The Balaban J connectivity index is 1.79. The summed E-state index contributed by atoms with van der Waals surface area (Å²) in [5.74, 6) is 0. The summed E-state index contributed by atoms with van der Waals surface area (Å²) in [5.41, 5.74) is 7.13.